The van der Waals surface area contributed by atoms with Gasteiger partial charge in [-0.2, -0.15) is 0 Å². The number of anilines is 1. The van der Waals surface area contributed by atoms with Crippen LogP contribution in [0.5, 0.6) is 0 Å². The lowest BCUT2D eigenvalue weighted by molar-refractivity contribution is 0.0993. The third-order valence-corrected chi connectivity index (χ3v) is 2.44. The number of carbonyl (C=O) groups excluding carboxylic acids is 1. The van der Waals surface area contributed by atoms with Crippen molar-refractivity contribution in [3.8, 4) is 0 Å². The molecule has 2 aromatic carbocycles. The number of carbonyl (C=O) groups is 1. The van der Waals surface area contributed by atoms with Crippen LogP contribution in [0.25, 0.3) is 0 Å². The summed E-state index contributed by atoms with van der Waals surface area (Å²) in [5.74, 6) is 0.117. The molecule has 0 bridgehead atoms. The van der Waals surface area contributed by atoms with E-state index in [0.29, 0.717) is 17.7 Å². The first kappa shape index (κ1) is 10.4. The van der Waals surface area contributed by atoms with Gasteiger partial charge in [0.15, 0.2) is 5.78 Å². The minimum absolute atomic E-state index is 0.117. The zero-order chi connectivity index (χ0) is 11.4. The lowest BCUT2D eigenvalue weighted by atomic mass is 10.0. The molecule has 2 heteroatoms. The maximum Gasteiger partial charge on any atom is 0.167 e. The molecule has 0 spiro atoms. The molecule has 0 heterocycles. The summed E-state index contributed by atoms with van der Waals surface area (Å²) in [6.45, 7) is 0. The molecule has 0 aliphatic carbocycles. The second kappa shape index (κ2) is 4.62. The molecule has 0 saturated heterocycles. The topological polar surface area (TPSA) is 43.1 Å². The Balaban J connectivity index is 2.12. The quantitative estimate of drug-likeness (QED) is 0.626. The fourth-order valence-electron chi connectivity index (χ4n) is 1.55. The van der Waals surface area contributed by atoms with Crippen molar-refractivity contribution in [1.82, 2.24) is 0 Å². The van der Waals surface area contributed by atoms with Gasteiger partial charge in [-0.3, -0.25) is 4.79 Å². The monoisotopic (exact) mass is 211 g/mol. The summed E-state index contributed by atoms with van der Waals surface area (Å²) >= 11 is 0. The van der Waals surface area contributed by atoms with Crippen LogP contribution < -0.4 is 5.73 Å². The Labute approximate surface area is 94.7 Å². The van der Waals surface area contributed by atoms with E-state index in [0.717, 1.165) is 5.56 Å². The molecule has 2 rings (SSSR count). The summed E-state index contributed by atoms with van der Waals surface area (Å²) in [6, 6.07) is 16.7. The van der Waals surface area contributed by atoms with E-state index in [4.69, 9.17) is 5.73 Å². The Morgan fingerprint density at radius 1 is 0.938 bits per heavy atom. The number of nitrogen functional groups attached to an aromatic ring is 1. The molecule has 0 unspecified atom stereocenters. The molecule has 2 nitrogen and oxygen atoms in total. The minimum atomic E-state index is 0.117. The molecule has 16 heavy (non-hydrogen) atoms. The van der Waals surface area contributed by atoms with E-state index in [-0.39, 0.29) is 5.78 Å². The SMILES string of the molecule is Nc1ccc(C(=O)Cc2ccccc2)cc1. The van der Waals surface area contributed by atoms with Crippen LogP contribution in [-0.2, 0) is 6.42 Å². The summed E-state index contributed by atoms with van der Waals surface area (Å²) < 4.78 is 0. The first-order chi connectivity index (χ1) is 7.75. The molecule has 0 fully saturated rings. The van der Waals surface area contributed by atoms with Crippen LogP contribution in [0.15, 0.2) is 54.6 Å². The van der Waals surface area contributed by atoms with Crippen LogP contribution in [-0.4, -0.2) is 5.78 Å². The van der Waals surface area contributed by atoms with Gasteiger partial charge in [0.2, 0.25) is 0 Å². The zero-order valence-electron chi connectivity index (χ0n) is 8.89. The van der Waals surface area contributed by atoms with E-state index in [1.165, 1.54) is 0 Å². The van der Waals surface area contributed by atoms with E-state index in [1.807, 2.05) is 30.3 Å². The van der Waals surface area contributed by atoms with Gasteiger partial charge in [0.1, 0.15) is 0 Å². The fraction of sp³-hybridized carbons (Fsp3) is 0.0714. The number of rotatable bonds is 3. The highest BCUT2D eigenvalue weighted by molar-refractivity contribution is 5.97. The summed E-state index contributed by atoms with van der Waals surface area (Å²) in [7, 11) is 0. The number of hydrogen-bond donors (Lipinski definition) is 1. The Hall–Kier alpha value is -2.09. The third kappa shape index (κ3) is 2.48. The largest absolute Gasteiger partial charge is 0.399 e. The van der Waals surface area contributed by atoms with Crippen LogP contribution in [0.1, 0.15) is 15.9 Å². The highest BCUT2D eigenvalue weighted by Crippen LogP contribution is 2.09. The summed E-state index contributed by atoms with van der Waals surface area (Å²) in [6.07, 6.45) is 0.435. The van der Waals surface area contributed by atoms with E-state index in [2.05, 4.69) is 0 Å². The molecule has 2 N–H and O–H groups in total. The van der Waals surface area contributed by atoms with Crippen LogP contribution in [0.3, 0.4) is 0 Å². The minimum Gasteiger partial charge on any atom is -0.399 e. The summed E-state index contributed by atoms with van der Waals surface area (Å²) in [5, 5.41) is 0. The van der Waals surface area contributed by atoms with Gasteiger partial charge in [0.25, 0.3) is 0 Å². The first-order valence-electron chi connectivity index (χ1n) is 5.18. The van der Waals surface area contributed by atoms with Crippen molar-refractivity contribution in [2.75, 3.05) is 5.73 Å². The average Bonchev–Trinajstić information content (AvgIpc) is 2.31. The summed E-state index contributed by atoms with van der Waals surface area (Å²) in [4.78, 5) is 11.9. The van der Waals surface area contributed by atoms with Crippen molar-refractivity contribution in [3.05, 3.63) is 65.7 Å². The van der Waals surface area contributed by atoms with Crippen LogP contribution in [0.4, 0.5) is 5.69 Å². The van der Waals surface area contributed by atoms with Crippen molar-refractivity contribution in [2.24, 2.45) is 0 Å². The molecule has 0 saturated carbocycles. The second-order valence-electron chi connectivity index (χ2n) is 3.71. The van der Waals surface area contributed by atoms with Gasteiger partial charge in [-0.05, 0) is 29.8 Å². The van der Waals surface area contributed by atoms with Crippen molar-refractivity contribution in [3.63, 3.8) is 0 Å². The second-order valence-corrected chi connectivity index (χ2v) is 3.71. The van der Waals surface area contributed by atoms with Crippen molar-refractivity contribution >= 4 is 11.5 Å². The maximum absolute atomic E-state index is 11.9. The van der Waals surface area contributed by atoms with Gasteiger partial charge in [-0.15, -0.1) is 0 Å². The predicted molar refractivity (Wildman–Crippen MR) is 65.3 cm³/mol. The van der Waals surface area contributed by atoms with Gasteiger partial charge in [-0.25, -0.2) is 0 Å². The molecule has 0 aliphatic heterocycles. The number of hydrogen-bond acceptors (Lipinski definition) is 2. The van der Waals surface area contributed by atoms with E-state index >= 15 is 0 Å². The van der Waals surface area contributed by atoms with Crippen molar-refractivity contribution in [1.29, 1.82) is 0 Å². The van der Waals surface area contributed by atoms with E-state index in [1.54, 1.807) is 24.3 Å². The number of Topliss-reactive ketones (excluding diaryl/α,β-unsaturated/α-hetero) is 1. The molecule has 0 radical (unpaired) electrons. The van der Waals surface area contributed by atoms with Crippen molar-refractivity contribution < 1.29 is 4.79 Å². The molecule has 0 amide bonds. The first-order valence-corrected chi connectivity index (χ1v) is 5.18. The van der Waals surface area contributed by atoms with Crippen LogP contribution in [0.2, 0.25) is 0 Å². The third-order valence-electron chi connectivity index (χ3n) is 2.44. The van der Waals surface area contributed by atoms with Gasteiger partial charge < -0.3 is 5.73 Å². The van der Waals surface area contributed by atoms with E-state index in [9.17, 15) is 4.79 Å². The molecule has 80 valence electrons. The number of nitrogens with two attached hydrogens (primary N) is 1. The summed E-state index contributed by atoms with van der Waals surface area (Å²) in [5.41, 5.74) is 7.98. The van der Waals surface area contributed by atoms with Gasteiger partial charge in [0.05, 0.1) is 0 Å². The number of benzene rings is 2. The standard InChI is InChI=1S/C14H13NO/c15-13-8-6-12(7-9-13)14(16)10-11-4-2-1-3-5-11/h1-9H,10,15H2. The lowest BCUT2D eigenvalue weighted by Crippen LogP contribution is -2.03. The molecular weight excluding hydrogens is 198 g/mol. The van der Waals surface area contributed by atoms with Gasteiger partial charge >= 0.3 is 0 Å². The number of ketones is 1. The van der Waals surface area contributed by atoms with E-state index < -0.39 is 0 Å². The predicted octanol–water partition coefficient (Wildman–Crippen LogP) is 2.69. The Bertz CT molecular complexity index is 474. The Morgan fingerprint density at radius 3 is 2.19 bits per heavy atom. The highest BCUT2D eigenvalue weighted by Gasteiger charge is 2.05. The Kier molecular flexibility index (Phi) is 3.01. The van der Waals surface area contributed by atoms with Crippen molar-refractivity contribution in [2.45, 2.75) is 6.42 Å². The van der Waals surface area contributed by atoms with Crippen LogP contribution >= 0.6 is 0 Å². The zero-order valence-corrected chi connectivity index (χ0v) is 8.89. The molecule has 0 aliphatic rings. The molecule has 2 aromatic rings. The maximum atomic E-state index is 11.9. The molecule has 0 aromatic heterocycles. The average molecular weight is 211 g/mol. The molecule has 0 atom stereocenters. The van der Waals surface area contributed by atoms with Gasteiger partial charge in [0, 0.05) is 17.7 Å². The fourth-order valence-corrected chi connectivity index (χ4v) is 1.55. The molecular formula is C14H13NO. The Morgan fingerprint density at radius 2 is 1.56 bits per heavy atom. The van der Waals surface area contributed by atoms with Gasteiger partial charge in [-0.1, -0.05) is 30.3 Å². The highest BCUT2D eigenvalue weighted by atomic mass is 16.1. The lowest BCUT2D eigenvalue weighted by Gasteiger charge is -2.01. The normalized spacial score (nSPS) is 10.0. The van der Waals surface area contributed by atoms with Crippen LogP contribution in [0, 0.1) is 0 Å². The smallest absolute Gasteiger partial charge is 0.167 e.